The van der Waals surface area contributed by atoms with Gasteiger partial charge in [0.1, 0.15) is 5.54 Å². The summed E-state index contributed by atoms with van der Waals surface area (Å²) < 4.78 is 0. The quantitative estimate of drug-likeness (QED) is 0.727. The third-order valence-electron chi connectivity index (χ3n) is 3.58. The van der Waals surface area contributed by atoms with Crippen molar-refractivity contribution in [1.82, 2.24) is 15.1 Å². The Bertz CT molecular complexity index is 426. The fourth-order valence-corrected chi connectivity index (χ4v) is 2.41. The Hall–Kier alpha value is -1.85. The number of carbonyl (C=O) groups is 3. The first-order valence-corrected chi connectivity index (χ1v) is 7.33. The molecule has 0 bridgehead atoms. The second-order valence-electron chi connectivity index (χ2n) is 5.73. The van der Waals surface area contributed by atoms with Crippen LogP contribution in [-0.4, -0.2) is 59.2 Å². The maximum atomic E-state index is 12.4. The Morgan fingerprint density at radius 2 is 1.86 bits per heavy atom. The van der Waals surface area contributed by atoms with E-state index in [-0.39, 0.29) is 24.3 Å². The smallest absolute Gasteiger partial charge is 0.247 e. The van der Waals surface area contributed by atoms with Gasteiger partial charge in [0.2, 0.25) is 17.7 Å². The van der Waals surface area contributed by atoms with Crippen LogP contribution in [0.2, 0.25) is 0 Å². The van der Waals surface area contributed by atoms with Crippen LogP contribution in [0.1, 0.15) is 33.6 Å². The van der Waals surface area contributed by atoms with E-state index in [1.807, 2.05) is 0 Å². The summed E-state index contributed by atoms with van der Waals surface area (Å²) in [6, 6.07) is 0. The van der Waals surface area contributed by atoms with E-state index in [0.29, 0.717) is 6.54 Å². The van der Waals surface area contributed by atoms with Crippen LogP contribution in [0.4, 0.5) is 0 Å². The fourth-order valence-electron chi connectivity index (χ4n) is 2.41. The minimum absolute atomic E-state index is 0.0714. The van der Waals surface area contributed by atoms with E-state index in [4.69, 9.17) is 0 Å². The van der Waals surface area contributed by atoms with Crippen molar-refractivity contribution >= 4 is 17.7 Å². The SMILES string of the molecule is C=CC(=O)N(CC)CC(=O)NC(C)(C)C(=O)N1CCCC1. The third-order valence-corrected chi connectivity index (χ3v) is 3.58. The molecule has 1 heterocycles. The molecule has 21 heavy (non-hydrogen) atoms. The van der Waals surface area contributed by atoms with E-state index in [1.54, 1.807) is 25.7 Å². The van der Waals surface area contributed by atoms with Crippen LogP contribution in [0.15, 0.2) is 12.7 Å². The molecule has 118 valence electrons. The highest BCUT2D eigenvalue weighted by Crippen LogP contribution is 2.14. The largest absolute Gasteiger partial charge is 0.341 e. The van der Waals surface area contributed by atoms with Gasteiger partial charge in [-0.1, -0.05) is 6.58 Å². The highest BCUT2D eigenvalue weighted by Gasteiger charge is 2.34. The Kier molecular flexibility index (Phi) is 5.93. The van der Waals surface area contributed by atoms with E-state index < -0.39 is 5.54 Å². The van der Waals surface area contributed by atoms with E-state index in [2.05, 4.69) is 11.9 Å². The highest BCUT2D eigenvalue weighted by atomic mass is 16.2. The summed E-state index contributed by atoms with van der Waals surface area (Å²) in [5.41, 5.74) is -0.960. The van der Waals surface area contributed by atoms with E-state index >= 15 is 0 Å². The minimum atomic E-state index is -0.960. The van der Waals surface area contributed by atoms with Crippen LogP contribution in [0.5, 0.6) is 0 Å². The zero-order valence-corrected chi connectivity index (χ0v) is 13.1. The Balaban J connectivity index is 2.60. The zero-order chi connectivity index (χ0) is 16.0. The first kappa shape index (κ1) is 17.2. The van der Waals surface area contributed by atoms with Gasteiger partial charge in [0, 0.05) is 19.6 Å². The second-order valence-corrected chi connectivity index (χ2v) is 5.73. The molecule has 0 aliphatic carbocycles. The number of rotatable bonds is 6. The van der Waals surface area contributed by atoms with Gasteiger partial charge >= 0.3 is 0 Å². The van der Waals surface area contributed by atoms with Crippen LogP contribution in [0.3, 0.4) is 0 Å². The average molecular weight is 295 g/mol. The summed E-state index contributed by atoms with van der Waals surface area (Å²) in [4.78, 5) is 39.1. The first-order valence-electron chi connectivity index (χ1n) is 7.33. The van der Waals surface area contributed by atoms with Gasteiger partial charge in [0.05, 0.1) is 6.54 Å². The van der Waals surface area contributed by atoms with Gasteiger partial charge in [0.25, 0.3) is 0 Å². The second kappa shape index (κ2) is 7.24. The number of carbonyl (C=O) groups excluding carboxylic acids is 3. The molecule has 0 atom stereocenters. The van der Waals surface area contributed by atoms with Gasteiger partial charge in [-0.25, -0.2) is 0 Å². The maximum Gasteiger partial charge on any atom is 0.247 e. The molecule has 1 N–H and O–H groups in total. The summed E-state index contributed by atoms with van der Waals surface area (Å²) in [6.45, 7) is 10.4. The molecule has 1 rings (SSSR count). The molecule has 0 unspecified atom stereocenters. The maximum absolute atomic E-state index is 12.4. The number of likely N-dealkylation sites (N-methyl/N-ethyl adjacent to an activating group) is 1. The summed E-state index contributed by atoms with van der Waals surface area (Å²) in [6.07, 6.45) is 3.19. The Morgan fingerprint density at radius 1 is 1.29 bits per heavy atom. The summed E-state index contributed by atoms with van der Waals surface area (Å²) in [5, 5.41) is 2.72. The van der Waals surface area contributed by atoms with E-state index in [1.165, 1.54) is 11.0 Å². The van der Waals surface area contributed by atoms with Crippen molar-refractivity contribution in [1.29, 1.82) is 0 Å². The number of likely N-dealkylation sites (tertiary alicyclic amines) is 1. The van der Waals surface area contributed by atoms with Crippen molar-refractivity contribution in [3.05, 3.63) is 12.7 Å². The van der Waals surface area contributed by atoms with Crippen molar-refractivity contribution in [2.75, 3.05) is 26.2 Å². The number of hydrogen-bond acceptors (Lipinski definition) is 3. The van der Waals surface area contributed by atoms with Gasteiger partial charge in [-0.3, -0.25) is 14.4 Å². The van der Waals surface area contributed by atoms with Crippen molar-refractivity contribution < 1.29 is 14.4 Å². The van der Waals surface area contributed by atoms with Gasteiger partial charge in [-0.05, 0) is 39.7 Å². The molecule has 1 aliphatic rings. The highest BCUT2D eigenvalue weighted by molar-refractivity contribution is 5.94. The topological polar surface area (TPSA) is 69.7 Å². The first-order chi connectivity index (χ1) is 9.81. The van der Waals surface area contributed by atoms with Gasteiger partial charge in [-0.15, -0.1) is 0 Å². The third kappa shape index (κ3) is 4.58. The van der Waals surface area contributed by atoms with Crippen molar-refractivity contribution in [2.24, 2.45) is 0 Å². The van der Waals surface area contributed by atoms with Crippen LogP contribution >= 0.6 is 0 Å². The van der Waals surface area contributed by atoms with Crippen LogP contribution in [0, 0.1) is 0 Å². The lowest BCUT2D eigenvalue weighted by Gasteiger charge is -2.31. The molecule has 0 radical (unpaired) electrons. The summed E-state index contributed by atoms with van der Waals surface area (Å²) in [7, 11) is 0. The molecule has 1 aliphatic heterocycles. The molecule has 6 nitrogen and oxygen atoms in total. The lowest BCUT2D eigenvalue weighted by atomic mass is 10.0. The molecule has 1 fully saturated rings. The standard InChI is InChI=1S/C15H25N3O3/c1-5-13(20)17(6-2)11-12(19)16-15(3,4)14(21)18-9-7-8-10-18/h5H,1,6-11H2,2-4H3,(H,16,19). The number of amides is 3. The zero-order valence-electron chi connectivity index (χ0n) is 13.1. The average Bonchev–Trinajstić information content (AvgIpc) is 2.96. The van der Waals surface area contributed by atoms with Crippen LogP contribution < -0.4 is 5.32 Å². The molecule has 3 amide bonds. The molecule has 0 saturated carbocycles. The molecule has 0 aromatic rings. The summed E-state index contributed by atoms with van der Waals surface area (Å²) in [5.74, 6) is -0.715. The molecule has 1 saturated heterocycles. The monoisotopic (exact) mass is 295 g/mol. The fraction of sp³-hybridized carbons (Fsp3) is 0.667. The van der Waals surface area contributed by atoms with E-state index in [0.717, 1.165) is 25.9 Å². The van der Waals surface area contributed by atoms with Gasteiger partial charge in [0.15, 0.2) is 0 Å². The van der Waals surface area contributed by atoms with Crippen LogP contribution in [-0.2, 0) is 14.4 Å². The van der Waals surface area contributed by atoms with Gasteiger partial charge in [-0.2, -0.15) is 0 Å². The molecule has 6 heteroatoms. The minimum Gasteiger partial charge on any atom is -0.341 e. The number of nitrogens with one attached hydrogen (secondary N) is 1. The van der Waals surface area contributed by atoms with Gasteiger partial charge < -0.3 is 15.1 Å². The normalized spacial score (nSPS) is 14.7. The summed E-state index contributed by atoms with van der Waals surface area (Å²) >= 11 is 0. The van der Waals surface area contributed by atoms with E-state index in [9.17, 15) is 14.4 Å². The van der Waals surface area contributed by atoms with Crippen molar-refractivity contribution in [2.45, 2.75) is 39.2 Å². The lowest BCUT2D eigenvalue weighted by Crippen LogP contribution is -2.57. The molecule has 0 aromatic heterocycles. The molecular weight excluding hydrogens is 270 g/mol. The van der Waals surface area contributed by atoms with Crippen molar-refractivity contribution in [3.8, 4) is 0 Å². The molecular formula is C15H25N3O3. The Morgan fingerprint density at radius 3 is 2.33 bits per heavy atom. The number of hydrogen-bond donors (Lipinski definition) is 1. The predicted molar refractivity (Wildman–Crippen MR) is 80.5 cm³/mol. The predicted octanol–water partition coefficient (Wildman–Crippen LogP) is 0.538. The van der Waals surface area contributed by atoms with Crippen molar-refractivity contribution in [3.63, 3.8) is 0 Å². The lowest BCUT2D eigenvalue weighted by molar-refractivity contribution is -0.140. The number of nitrogens with zero attached hydrogens (tertiary/aromatic N) is 2. The molecule has 0 spiro atoms. The Labute approximate surface area is 126 Å². The van der Waals surface area contributed by atoms with Crippen LogP contribution in [0.25, 0.3) is 0 Å². The molecule has 0 aromatic carbocycles.